The summed E-state index contributed by atoms with van der Waals surface area (Å²) in [7, 11) is 0. The summed E-state index contributed by atoms with van der Waals surface area (Å²) in [5, 5.41) is 8.00. The topological polar surface area (TPSA) is 67.2 Å². The molecule has 0 saturated carbocycles. The van der Waals surface area contributed by atoms with Gasteiger partial charge >= 0.3 is 0 Å². The number of piperazine rings is 1. The summed E-state index contributed by atoms with van der Waals surface area (Å²) in [5.41, 5.74) is 2.31. The van der Waals surface area contributed by atoms with Gasteiger partial charge in [-0.25, -0.2) is 14.6 Å². The van der Waals surface area contributed by atoms with Gasteiger partial charge in [-0.1, -0.05) is 41.4 Å². The molecule has 1 amide bonds. The number of benzene rings is 1. The Bertz CT molecular complexity index is 1250. The first kappa shape index (κ1) is 20.9. The van der Waals surface area contributed by atoms with Gasteiger partial charge in [0, 0.05) is 49.5 Å². The number of anilines is 1. The molecule has 1 aliphatic rings. The van der Waals surface area contributed by atoms with Crippen LogP contribution < -0.4 is 4.90 Å². The molecule has 7 nitrogen and oxygen atoms in total. The lowest BCUT2D eigenvalue weighted by molar-refractivity contribution is 0.0741. The number of aromatic nitrogens is 4. The van der Waals surface area contributed by atoms with Gasteiger partial charge in [0.05, 0.1) is 21.9 Å². The fraction of sp³-hybridized carbons (Fsp3) is 0.182. The van der Waals surface area contributed by atoms with E-state index < -0.39 is 0 Å². The maximum atomic E-state index is 13.0. The van der Waals surface area contributed by atoms with Crippen LogP contribution in [0.15, 0.2) is 60.4 Å². The zero-order valence-electron chi connectivity index (χ0n) is 16.9. The third-order valence-corrected chi connectivity index (χ3v) is 6.60. The van der Waals surface area contributed by atoms with E-state index in [4.69, 9.17) is 23.2 Å². The molecule has 0 atom stereocenters. The second-order valence-electron chi connectivity index (χ2n) is 7.29. The molecule has 4 heterocycles. The number of hydrogen-bond acceptors (Lipinski definition) is 6. The summed E-state index contributed by atoms with van der Waals surface area (Å²) in [4.78, 5) is 25.8. The van der Waals surface area contributed by atoms with E-state index >= 15 is 0 Å². The number of amides is 1. The lowest BCUT2D eigenvalue weighted by Crippen LogP contribution is -2.49. The first-order valence-corrected chi connectivity index (χ1v) is 11.6. The summed E-state index contributed by atoms with van der Waals surface area (Å²) in [6.45, 7) is 2.42. The van der Waals surface area contributed by atoms with Crippen LogP contribution in [0.1, 0.15) is 10.5 Å². The molecular formula is C22H18Cl2N6OS. The second kappa shape index (κ2) is 8.90. The van der Waals surface area contributed by atoms with Crippen LogP contribution >= 0.6 is 34.5 Å². The molecule has 1 saturated heterocycles. The summed E-state index contributed by atoms with van der Waals surface area (Å²) >= 11 is 13.7. The van der Waals surface area contributed by atoms with E-state index in [1.807, 2.05) is 46.8 Å². The summed E-state index contributed by atoms with van der Waals surface area (Å²) in [6, 6.07) is 11.5. The van der Waals surface area contributed by atoms with Gasteiger partial charge in [0.15, 0.2) is 0 Å². The average molecular weight is 485 g/mol. The minimum Gasteiger partial charge on any atom is -0.352 e. The third-order valence-electron chi connectivity index (χ3n) is 5.23. The van der Waals surface area contributed by atoms with Crippen LogP contribution in [-0.2, 0) is 0 Å². The van der Waals surface area contributed by atoms with Crippen LogP contribution in [0.4, 0.5) is 5.82 Å². The molecule has 10 heteroatoms. The van der Waals surface area contributed by atoms with Crippen molar-refractivity contribution in [2.24, 2.45) is 0 Å². The fourth-order valence-corrected chi connectivity index (χ4v) is 4.85. The number of carbonyl (C=O) groups is 1. The highest BCUT2D eigenvalue weighted by molar-refractivity contribution is 7.13. The predicted octanol–water partition coefficient (Wildman–Crippen LogP) is 4.66. The van der Waals surface area contributed by atoms with E-state index in [0.717, 1.165) is 16.3 Å². The molecule has 0 bridgehead atoms. The third kappa shape index (κ3) is 4.21. The summed E-state index contributed by atoms with van der Waals surface area (Å²) in [6.07, 6.45) is 5.27. The van der Waals surface area contributed by atoms with E-state index in [1.54, 1.807) is 23.1 Å². The van der Waals surface area contributed by atoms with Gasteiger partial charge in [0.25, 0.3) is 5.91 Å². The van der Waals surface area contributed by atoms with E-state index in [1.165, 1.54) is 11.3 Å². The van der Waals surface area contributed by atoms with Crippen molar-refractivity contribution in [3.05, 3.63) is 76.1 Å². The average Bonchev–Trinajstić information content (AvgIpc) is 3.50. The van der Waals surface area contributed by atoms with Crippen LogP contribution in [0.2, 0.25) is 10.0 Å². The Morgan fingerprint density at radius 2 is 1.81 bits per heavy atom. The highest BCUT2D eigenvalue weighted by Crippen LogP contribution is 2.28. The largest absolute Gasteiger partial charge is 0.352 e. The van der Waals surface area contributed by atoms with E-state index in [2.05, 4.69) is 20.0 Å². The fourth-order valence-electron chi connectivity index (χ4n) is 3.58. The molecular weight excluding hydrogens is 467 g/mol. The predicted molar refractivity (Wildman–Crippen MR) is 127 cm³/mol. The van der Waals surface area contributed by atoms with E-state index in [9.17, 15) is 4.79 Å². The number of para-hydroxylation sites is 1. The lowest BCUT2D eigenvalue weighted by Gasteiger charge is -2.35. The number of hydrogen-bond donors (Lipinski definition) is 0. The maximum Gasteiger partial charge on any atom is 0.273 e. The zero-order chi connectivity index (χ0) is 22.1. The minimum absolute atomic E-state index is 0.0715. The first-order chi connectivity index (χ1) is 15.6. The first-order valence-electron chi connectivity index (χ1n) is 10.00. The Labute approximate surface area is 198 Å². The van der Waals surface area contributed by atoms with Gasteiger partial charge in [-0.3, -0.25) is 4.79 Å². The monoisotopic (exact) mass is 484 g/mol. The highest BCUT2D eigenvalue weighted by atomic mass is 35.5. The quantitative estimate of drug-likeness (QED) is 0.421. The lowest BCUT2D eigenvalue weighted by atomic mass is 10.2. The zero-order valence-corrected chi connectivity index (χ0v) is 19.2. The Hall–Kier alpha value is -2.94. The van der Waals surface area contributed by atoms with Crippen molar-refractivity contribution in [3.63, 3.8) is 0 Å². The van der Waals surface area contributed by atoms with Crippen molar-refractivity contribution in [2.75, 3.05) is 31.1 Å². The van der Waals surface area contributed by atoms with Gasteiger partial charge in [0.2, 0.25) is 0 Å². The molecule has 0 N–H and O–H groups in total. The number of carbonyl (C=O) groups excluding carboxylic acids is 1. The SMILES string of the molecule is O=C(c1csc(-c2cnn(-c3ccccc3)c2)n1)N1CCN(c2ncc(Cl)cc2Cl)CC1. The maximum absolute atomic E-state index is 13.0. The Morgan fingerprint density at radius 3 is 2.56 bits per heavy atom. The molecule has 32 heavy (non-hydrogen) atoms. The molecule has 1 aliphatic heterocycles. The smallest absolute Gasteiger partial charge is 0.273 e. The van der Waals surface area contributed by atoms with Crippen molar-refractivity contribution < 1.29 is 4.79 Å². The van der Waals surface area contributed by atoms with E-state index in [0.29, 0.717) is 47.7 Å². The van der Waals surface area contributed by atoms with Crippen molar-refractivity contribution in [1.82, 2.24) is 24.6 Å². The van der Waals surface area contributed by atoms with Crippen LogP contribution in [0.25, 0.3) is 16.3 Å². The van der Waals surface area contributed by atoms with Gasteiger partial charge in [0.1, 0.15) is 16.5 Å². The van der Waals surface area contributed by atoms with Crippen LogP contribution in [-0.4, -0.2) is 56.7 Å². The number of nitrogens with zero attached hydrogens (tertiary/aromatic N) is 6. The standard InChI is InChI=1S/C22H18Cl2N6OS/c23-16-10-18(24)20(25-12-16)28-6-8-29(9-7-28)22(31)19-14-32-21(27-19)15-11-26-30(13-15)17-4-2-1-3-5-17/h1-5,10-14H,6-9H2. The molecule has 162 valence electrons. The molecule has 0 radical (unpaired) electrons. The van der Waals surface area contributed by atoms with Gasteiger partial charge < -0.3 is 9.80 Å². The van der Waals surface area contributed by atoms with Crippen LogP contribution in [0.5, 0.6) is 0 Å². The molecule has 0 aliphatic carbocycles. The minimum atomic E-state index is -0.0715. The summed E-state index contributed by atoms with van der Waals surface area (Å²) in [5.74, 6) is 0.618. The normalized spacial score (nSPS) is 14.1. The number of halogens is 2. The Balaban J connectivity index is 1.25. The summed E-state index contributed by atoms with van der Waals surface area (Å²) < 4.78 is 1.80. The Morgan fingerprint density at radius 1 is 1.03 bits per heavy atom. The molecule has 4 aromatic rings. The number of thiazole rings is 1. The van der Waals surface area contributed by atoms with Crippen LogP contribution in [0, 0.1) is 0 Å². The van der Waals surface area contributed by atoms with Gasteiger partial charge in [-0.2, -0.15) is 5.10 Å². The second-order valence-corrected chi connectivity index (χ2v) is 8.99. The van der Waals surface area contributed by atoms with Gasteiger partial charge in [-0.05, 0) is 18.2 Å². The van der Waals surface area contributed by atoms with E-state index in [-0.39, 0.29) is 5.91 Å². The molecule has 3 aromatic heterocycles. The molecule has 1 aromatic carbocycles. The number of rotatable bonds is 4. The van der Waals surface area contributed by atoms with Gasteiger partial charge in [-0.15, -0.1) is 11.3 Å². The number of pyridine rings is 1. The highest BCUT2D eigenvalue weighted by Gasteiger charge is 2.25. The molecule has 0 unspecified atom stereocenters. The van der Waals surface area contributed by atoms with Crippen molar-refractivity contribution in [3.8, 4) is 16.3 Å². The Kier molecular flexibility index (Phi) is 5.82. The molecule has 0 spiro atoms. The molecule has 5 rings (SSSR count). The molecule has 1 fully saturated rings. The van der Waals surface area contributed by atoms with Crippen LogP contribution in [0.3, 0.4) is 0 Å². The van der Waals surface area contributed by atoms with Crippen molar-refractivity contribution >= 4 is 46.3 Å². The van der Waals surface area contributed by atoms with Crippen molar-refractivity contribution in [2.45, 2.75) is 0 Å². The van der Waals surface area contributed by atoms with Crippen molar-refractivity contribution in [1.29, 1.82) is 0 Å².